The second-order valence-electron chi connectivity index (χ2n) is 10.3. The van der Waals surface area contributed by atoms with Gasteiger partial charge in [-0.1, -0.05) is 18.2 Å². The Bertz CT molecular complexity index is 1150. The van der Waals surface area contributed by atoms with Gasteiger partial charge in [0.1, 0.15) is 6.04 Å². The van der Waals surface area contributed by atoms with Crippen LogP contribution in [0.2, 0.25) is 0 Å². The minimum Gasteiger partial charge on any atom is -0.317 e. The van der Waals surface area contributed by atoms with Crippen molar-refractivity contribution in [3.8, 4) is 0 Å². The van der Waals surface area contributed by atoms with E-state index in [0.717, 1.165) is 61.4 Å². The quantitative estimate of drug-likeness (QED) is 0.686. The molecule has 0 radical (unpaired) electrons. The molecule has 0 bridgehead atoms. The van der Waals surface area contributed by atoms with Crippen molar-refractivity contribution in [2.24, 2.45) is 5.92 Å². The van der Waals surface area contributed by atoms with Gasteiger partial charge < -0.3 is 10.2 Å². The molecule has 7 heteroatoms. The number of amides is 3. The summed E-state index contributed by atoms with van der Waals surface area (Å²) < 4.78 is 0. The maximum atomic E-state index is 13.4. The number of likely N-dealkylation sites (tertiary alicyclic amines) is 1. The molecule has 0 spiro atoms. The number of hydrogen-bond acceptors (Lipinski definition) is 5. The molecule has 2 N–H and O–H groups in total. The zero-order valence-electron chi connectivity index (χ0n) is 19.5. The van der Waals surface area contributed by atoms with E-state index in [4.69, 9.17) is 0 Å². The molecule has 178 valence electrons. The van der Waals surface area contributed by atoms with Crippen molar-refractivity contribution in [1.82, 2.24) is 15.5 Å². The van der Waals surface area contributed by atoms with Gasteiger partial charge in [-0.2, -0.15) is 0 Å². The van der Waals surface area contributed by atoms with Crippen molar-refractivity contribution in [3.63, 3.8) is 0 Å². The minimum atomic E-state index is -0.634. The second-order valence-corrected chi connectivity index (χ2v) is 10.3. The lowest BCUT2D eigenvalue weighted by atomic mass is 9.85. The van der Waals surface area contributed by atoms with Gasteiger partial charge in [-0.05, 0) is 93.2 Å². The first kappa shape index (κ1) is 21.7. The van der Waals surface area contributed by atoms with E-state index in [1.54, 1.807) is 4.90 Å². The summed E-state index contributed by atoms with van der Waals surface area (Å²) in [7, 11) is 0. The van der Waals surface area contributed by atoms with Crippen LogP contribution in [0.1, 0.15) is 60.4 Å². The van der Waals surface area contributed by atoms with Crippen molar-refractivity contribution in [2.75, 3.05) is 37.6 Å². The lowest BCUT2D eigenvalue weighted by molar-refractivity contribution is -0.134. The van der Waals surface area contributed by atoms with Gasteiger partial charge >= 0.3 is 0 Å². The summed E-state index contributed by atoms with van der Waals surface area (Å²) in [6.07, 6.45) is 5.46. The molecular formula is C27H32N4O3. The number of hydrogen-bond donors (Lipinski definition) is 2. The Labute approximate surface area is 199 Å². The van der Waals surface area contributed by atoms with Crippen LogP contribution in [-0.4, -0.2) is 61.4 Å². The van der Waals surface area contributed by atoms with Gasteiger partial charge in [-0.15, -0.1) is 0 Å². The third-order valence-electron chi connectivity index (χ3n) is 8.29. The zero-order chi connectivity index (χ0) is 23.2. The number of nitrogens with zero attached hydrogens (tertiary/aromatic N) is 2. The highest BCUT2D eigenvalue weighted by atomic mass is 16.2. The van der Waals surface area contributed by atoms with E-state index in [-0.39, 0.29) is 24.1 Å². The minimum absolute atomic E-state index is 0.135. The number of carbonyl (C=O) groups is 3. The monoisotopic (exact) mass is 460 g/mol. The Morgan fingerprint density at radius 3 is 2.47 bits per heavy atom. The number of rotatable bonds is 4. The standard InChI is InChI=1S/C27H32N4O3/c32-24-7-6-23(26(33)29-24)31-22-3-1-2-20-19(4-5-21(25(20)22)27(31)34)18-10-14-30(15-11-18)16-17-8-12-28-13-9-17/h1-5,17-18,23,28H,6-16H2,(H,29,32,33). The van der Waals surface area contributed by atoms with E-state index in [1.165, 1.54) is 24.9 Å². The average molecular weight is 461 g/mol. The van der Waals surface area contributed by atoms with Gasteiger partial charge in [0.15, 0.2) is 0 Å². The molecule has 4 heterocycles. The molecular weight excluding hydrogens is 428 g/mol. The van der Waals surface area contributed by atoms with Crippen LogP contribution >= 0.6 is 0 Å². The summed E-state index contributed by atoms with van der Waals surface area (Å²) in [4.78, 5) is 41.8. The molecule has 3 fully saturated rings. The van der Waals surface area contributed by atoms with Gasteiger partial charge in [0, 0.05) is 23.9 Å². The summed E-state index contributed by atoms with van der Waals surface area (Å²) in [5.41, 5.74) is 2.79. The fourth-order valence-electron chi connectivity index (χ4n) is 6.48. The second kappa shape index (κ2) is 8.78. The lowest BCUT2D eigenvalue weighted by Crippen LogP contribution is -2.53. The predicted octanol–water partition coefficient (Wildman–Crippen LogP) is 2.78. The largest absolute Gasteiger partial charge is 0.317 e. The third-order valence-corrected chi connectivity index (χ3v) is 8.29. The highest BCUT2D eigenvalue weighted by Gasteiger charge is 2.41. The Balaban J connectivity index is 1.24. The molecule has 2 aromatic carbocycles. The molecule has 2 aromatic rings. The summed E-state index contributed by atoms with van der Waals surface area (Å²) in [6, 6.07) is 9.52. The maximum Gasteiger partial charge on any atom is 0.259 e. The Morgan fingerprint density at radius 1 is 0.912 bits per heavy atom. The topological polar surface area (TPSA) is 81.8 Å². The lowest BCUT2D eigenvalue weighted by Gasteiger charge is -2.36. The SMILES string of the molecule is O=C1CCC(N2C(=O)c3ccc(C4CCN(CC5CCNCC5)CC4)c4cccc2c34)C(=O)N1. The fraction of sp³-hybridized carbons (Fsp3) is 0.519. The van der Waals surface area contributed by atoms with Crippen LogP contribution in [0.25, 0.3) is 10.8 Å². The number of nitrogens with one attached hydrogen (secondary N) is 2. The fourth-order valence-corrected chi connectivity index (χ4v) is 6.48. The first-order valence-electron chi connectivity index (χ1n) is 12.8. The summed E-state index contributed by atoms with van der Waals surface area (Å²) in [5.74, 6) is 0.518. The Hall–Kier alpha value is -2.77. The summed E-state index contributed by atoms with van der Waals surface area (Å²) in [5, 5.41) is 7.96. The van der Waals surface area contributed by atoms with E-state index < -0.39 is 6.04 Å². The molecule has 7 nitrogen and oxygen atoms in total. The van der Waals surface area contributed by atoms with Crippen LogP contribution < -0.4 is 15.5 Å². The maximum absolute atomic E-state index is 13.4. The third kappa shape index (κ3) is 3.71. The first-order chi connectivity index (χ1) is 16.6. The smallest absolute Gasteiger partial charge is 0.259 e. The number of piperidine rings is 3. The number of anilines is 1. The molecule has 34 heavy (non-hydrogen) atoms. The van der Waals surface area contributed by atoms with E-state index >= 15 is 0 Å². The number of benzene rings is 2. The molecule has 3 saturated heterocycles. The van der Waals surface area contributed by atoms with Gasteiger partial charge in [0.2, 0.25) is 11.8 Å². The normalized spacial score (nSPS) is 24.8. The molecule has 4 aliphatic heterocycles. The Morgan fingerprint density at radius 2 is 1.71 bits per heavy atom. The van der Waals surface area contributed by atoms with Gasteiger partial charge in [-0.3, -0.25) is 24.6 Å². The van der Waals surface area contributed by atoms with Gasteiger partial charge in [0.05, 0.1) is 5.69 Å². The van der Waals surface area contributed by atoms with E-state index in [2.05, 4.69) is 27.7 Å². The average Bonchev–Trinajstić information content (AvgIpc) is 3.14. The molecule has 6 rings (SSSR count). The first-order valence-corrected chi connectivity index (χ1v) is 12.8. The van der Waals surface area contributed by atoms with Crippen LogP contribution in [0.4, 0.5) is 5.69 Å². The predicted molar refractivity (Wildman–Crippen MR) is 131 cm³/mol. The molecule has 0 saturated carbocycles. The number of imide groups is 1. The van der Waals surface area contributed by atoms with Crippen molar-refractivity contribution in [1.29, 1.82) is 0 Å². The summed E-state index contributed by atoms with van der Waals surface area (Å²) in [6.45, 7) is 5.76. The molecule has 0 aromatic heterocycles. The van der Waals surface area contributed by atoms with Crippen molar-refractivity contribution < 1.29 is 14.4 Å². The Kier molecular flexibility index (Phi) is 5.62. The highest BCUT2D eigenvalue weighted by Crippen LogP contribution is 2.43. The molecule has 3 amide bonds. The zero-order valence-corrected chi connectivity index (χ0v) is 19.5. The molecule has 4 aliphatic rings. The van der Waals surface area contributed by atoms with Crippen LogP contribution in [0.15, 0.2) is 30.3 Å². The van der Waals surface area contributed by atoms with Crippen molar-refractivity contribution >= 4 is 34.2 Å². The highest BCUT2D eigenvalue weighted by molar-refractivity contribution is 6.27. The van der Waals surface area contributed by atoms with Crippen LogP contribution in [0.3, 0.4) is 0 Å². The van der Waals surface area contributed by atoms with Crippen LogP contribution in [0.5, 0.6) is 0 Å². The van der Waals surface area contributed by atoms with Gasteiger partial charge in [-0.25, -0.2) is 0 Å². The van der Waals surface area contributed by atoms with E-state index in [9.17, 15) is 14.4 Å². The molecule has 1 unspecified atom stereocenters. The molecule has 0 aliphatic carbocycles. The van der Waals surface area contributed by atoms with E-state index in [0.29, 0.717) is 17.9 Å². The van der Waals surface area contributed by atoms with Crippen molar-refractivity contribution in [2.45, 2.75) is 50.5 Å². The van der Waals surface area contributed by atoms with Crippen LogP contribution in [0, 0.1) is 5.92 Å². The van der Waals surface area contributed by atoms with Crippen LogP contribution in [-0.2, 0) is 9.59 Å². The van der Waals surface area contributed by atoms with Crippen molar-refractivity contribution in [3.05, 3.63) is 41.5 Å². The molecule has 1 atom stereocenters. The summed E-state index contributed by atoms with van der Waals surface area (Å²) >= 11 is 0. The van der Waals surface area contributed by atoms with Gasteiger partial charge in [0.25, 0.3) is 5.91 Å². The van der Waals surface area contributed by atoms with E-state index in [1.807, 2.05) is 18.2 Å². The number of carbonyl (C=O) groups excluding carboxylic acids is 3.